The second kappa shape index (κ2) is 9.53. The normalized spacial score (nSPS) is 14.4. The number of hydrogen-bond acceptors (Lipinski definition) is 5. The number of ether oxygens (including phenoxy) is 1. The highest BCUT2D eigenvalue weighted by atomic mass is 79.9. The number of benzene rings is 2. The molecule has 1 aliphatic heterocycles. The summed E-state index contributed by atoms with van der Waals surface area (Å²) < 4.78 is 33.3. The fraction of sp³-hybridized carbons (Fsp3) is 0.250. The van der Waals surface area contributed by atoms with Gasteiger partial charge in [0, 0.05) is 29.7 Å². The molecule has 7 nitrogen and oxygen atoms in total. The number of carbonyl (C=O) groups excluding carboxylic acids is 1. The number of sulfonamides is 1. The Morgan fingerprint density at radius 3 is 2.69 bits per heavy atom. The van der Waals surface area contributed by atoms with E-state index in [1.807, 2.05) is 18.2 Å². The second-order valence-corrected chi connectivity index (χ2v) is 9.07. The summed E-state index contributed by atoms with van der Waals surface area (Å²) in [6.07, 6.45) is 1.45. The van der Waals surface area contributed by atoms with Gasteiger partial charge < -0.3 is 15.0 Å². The average Bonchev–Trinajstić information content (AvgIpc) is 2.73. The Bertz CT molecular complexity index is 1000. The highest BCUT2D eigenvalue weighted by Crippen LogP contribution is 2.30. The number of anilines is 2. The zero-order chi connectivity index (χ0) is 20.9. The molecule has 0 atom stereocenters. The summed E-state index contributed by atoms with van der Waals surface area (Å²) in [7, 11) is -3.71. The van der Waals surface area contributed by atoms with Crippen LogP contribution in [-0.4, -0.2) is 47.2 Å². The lowest BCUT2D eigenvalue weighted by Crippen LogP contribution is -2.36. The first-order valence-electron chi connectivity index (χ1n) is 9.05. The van der Waals surface area contributed by atoms with Crippen LogP contribution in [0.15, 0.2) is 64.5 Å². The van der Waals surface area contributed by atoms with Crippen molar-refractivity contribution in [1.82, 2.24) is 4.72 Å². The number of hydrogen-bond donors (Lipinski definition) is 2. The molecule has 0 saturated carbocycles. The number of nitrogens with one attached hydrogen (secondary N) is 2. The Morgan fingerprint density at radius 2 is 1.97 bits per heavy atom. The highest BCUT2D eigenvalue weighted by molar-refractivity contribution is 9.10. The number of nitrogens with zero attached hydrogens (tertiary/aromatic N) is 1. The maximum Gasteiger partial charge on any atom is 0.255 e. The van der Waals surface area contributed by atoms with E-state index >= 15 is 0 Å². The molecule has 1 amide bonds. The van der Waals surface area contributed by atoms with Crippen molar-refractivity contribution in [2.45, 2.75) is 4.90 Å². The molecular weight excluding hydrogens is 458 g/mol. The molecule has 0 radical (unpaired) electrons. The van der Waals surface area contributed by atoms with E-state index in [-0.39, 0.29) is 17.0 Å². The van der Waals surface area contributed by atoms with E-state index in [2.05, 4.69) is 37.4 Å². The van der Waals surface area contributed by atoms with E-state index in [0.717, 1.165) is 23.2 Å². The van der Waals surface area contributed by atoms with Gasteiger partial charge in [0.15, 0.2) is 0 Å². The van der Waals surface area contributed by atoms with Gasteiger partial charge in [-0.1, -0.05) is 28.1 Å². The number of morpholine rings is 1. The first-order chi connectivity index (χ1) is 13.9. The zero-order valence-electron chi connectivity index (χ0n) is 15.7. The van der Waals surface area contributed by atoms with Gasteiger partial charge in [0.05, 0.1) is 29.5 Å². The fourth-order valence-electron chi connectivity index (χ4n) is 2.94. The third-order valence-electron chi connectivity index (χ3n) is 4.38. The molecular formula is C20H22BrN3O4S. The summed E-state index contributed by atoms with van der Waals surface area (Å²) in [5.41, 5.74) is 1.78. The van der Waals surface area contributed by atoms with Crippen molar-refractivity contribution in [2.24, 2.45) is 0 Å². The molecule has 3 rings (SSSR count). The molecule has 2 aromatic carbocycles. The van der Waals surface area contributed by atoms with Crippen LogP contribution in [0.4, 0.5) is 11.4 Å². The van der Waals surface area contributed by atoms with Gasteiger partial charge in [0.2, 0.25) is 10.0 Å². The van der Waals surface area contributed by atoms with Crippen LogP contribution in [0.5, 0.6) is 0 Å². The van der Waals surface area contributed by atoms with Crippen LogP contribution in [0.25, 0.3) is 0 Å². The van der Waals surface area contributed by atoms with Gasteiger partial charge in [-0.2, -0.15) is 0 Å². The average molecular weight is 480 g/mol. The van der Waals surface area contributed by atoms with Crippen LogP contribution in [-0.2, 0) is 14.8 Å². The lowest BCUT2D eigenvalue weighted by Gasteiger charge is -2.30. The number of carbonyl (C=O) groups is 1. The van der Waals surface area contributed by atoms with Crippen molar-refractivity contribution in [2.75, 3.05) is 43.1 Å². The third kappa shape index (κ3) is 5.45. The number of amides is 1. The van der Waals surface area contributed by atoms with Crippen LogP contribution < -0.4 is 14.9 Å². The summed E-state index contributed by atoms with van der Waals surface area (Å²) in [5, 5.41) is 2.90. The van der Waals surface area contributed by atoms with Crippen LogP contribution in [0.3, 0.4) is 0 Å². The predicted octanol–water partition coefficient (Wildman–Crippen LogP) is 3.00. The number of rotatable bonds is 7. The van der Waals surface area contributed by atoms with Crippen LogP contribution in [0.2, 0.25) is 0 Å². The van der Waals surface area contributed by atoms with Gasteiger partial charge in [-0.05, 0) is 36.4 Å². The van der Waals surface area contributed by atoms with Gasteiger partial charge in [-0.3, -0.25) is 4.79 Å². The quantitative estimate of drug-likeness (QED) is 0.595. The van der Waals surface area contributed by atoms with Gasteiger partial charge in [-0.15, -0.1) is 6.58 Å². The Morgan fingerprint density at radius 1 is 1.21 bits per heavy atom. The van der Waals surface area contributed by atoms with E-state index in [0.29, 0.717) is 18.9 Å². The van der Waals surface area contributed by atoms with E-state index in [1.165, 1.54) is 18.2 Å². The van der Waals surface area contributed by atoms with Crippen molar-refractivity contribution >= 4 is 43.2 Å². The first kappa shape index (κ1) is 21.5. The summed E-state index contributed by atoms with van der Waals surface area (Å²) in [6.45, 7) is 6.32. The summed E-state index contributed by atoms with van der Waals surface area (Å²) in [5.74, 6) is -0.390. The number of halogens is 1. The van der Waals surface area contributed by atoms with Gasteiger partial charge in [0.25, 0.3) is 5.91 Å². The first-order valence-corrected chi connectivity index (χ1v) is 11.3. The monoisotopic (exact) mass is 479 g/mol. The van der Waals surface area contributed by atoms with Crippen LogP contribution in [0.1, 0.15) is 10.4 Å². The standard InChI is InChI=1S/C20H22BrN3O4S/c1-2-8-22-29(26,27)17-5-3-4-15(13-17)20(25)23-18-14-16(21)6-7-19(18)24-9-11-28-12-10-24/h2-7,13-14,22H,1,8-12H2,(H,23,25). The molecule has 0 aliphatic carbocycles. The molecule has 0 aromatic heterocycles. The molecule has 0 bridgehead atoms. The molecule has 0 spiro atoms. The highest BCUT2D eigenvalue weighted by Gasteiger charge is 2.19. The maximum absolute atomic E-state index is 12.9. The summed E-state index contributed by atoms with van der Waals surface area (Å²) in [4.78, 5) is 15.0. The van der Waals surface area contributed by atoms with Crippen molar-refractivity contribution in [3.8, 4) is 0 Å². The molecule has 29 heavy (non-hydrogen) atoms. The molecule has 1 aliphatic rings. The van der Waals surface area contributed by atoms with Crippen molar-refractivity contribution in [3.05, 3.63) is 65.2 Å². The predicted molar refractivity (Wildman–Crippen MR) is 117 cm³/mol. The summed E-state index contributed by atoms with van der Waals surface area (Å²) >= 11 is 3.44. The lowest BCUT2D eigenvalue weighted by molar-refractivity contribution is 0.102. The zero-order valence-corrected chi connectivity index (χ0v) is 18.1. The minimum atomic E-state index is -3.71. The van der Waals surface area contributed by atoms with E-state index in [9.17, 15) is 13.2 Å². The van der Waals surface area contributed by atoms with Gasteiger partial charge >= 0.3 is 0 Å². The van der Waals surface area contributed by atoms with Crippen molar-refractivity contribution in [1.29, 1.82) is 0 Å². The Hall–Kier alpha value is -2.20. The van der Waals surface area contributed by atoms with Crippen LogP contribution in [0, 0.1) is 0 Å². The molecule has 2 N–H and O–H groups in total. The molecule has 1 heterocycles. The topological polar surface area (TPSA) is 87.7 Å². The van der Waals surface area contributed by atoms with E-state index in [4.69, 9.17) is 4.74 Å². The molecule has 1 saturated heterocycles. The third-order valence-corrected chi connectivity index (χ3v) is 6.30. The SMILES string of the molecule is C=CCNS(=O)(=O)c1cccc(C(=O)Nc2cc(Br)ccc2N2CCOCC2)c1. The minimum absolute atomic E-state index is 0.0228. The van der Waals surface area contributed by atoms with Crippen molar-refractivity contribution < 1.29 is 17.9 Å². The molecule has 0 unspecified atom stereocenters. The Balaban J connectivity index is 1.85. The van der Waals surface area contributed by atoms with Gasteiger partial charge in [0.1, 0.15) is 0 Å². The second-order valence-electron chi connectivity index (χ2n) is 6.38. The Labute approximate surface area is 178 Å². The molecule has 1 fully saturated rings. The molecule has 9 heteroatoms. The summed E-state index contributed by atoms with van der Waals surface area (Å²) in [6, 6.07) is 11.6. The molecule has 2 aromatic rings. The van der Waals surface area contributed by atoms with Crippen LogP contribution >= 0.6 is 15.9 Å². The lowest BCUT2D eigenvalue weighted by atomic mass is 10.2. The fourth-order valence-corrected chi connectivity index (χ4v) is 4.34. The Kier molecular flexibility index (Phi) is 7.07. The van der Waals surface area contributed by atoms with Crippen molar-refractivity contribution in [3.63, 3.8) is 0 Å². The maximum atomic E-state index is 12.9. The largest absolute Gasteiger partial charge is 0.378 e. The minimum Gasteiger partial charge on any atom is -0.378 e. The van der Waals surface area contributed by atoms with E-state index in [1.54, 1.807) is 12.1 Å². The van der Waals surface area contributed by atoms with Gasteiger partial charge in [-0.25, -0.2) is 13.1 Å². The molecule has 154 valence electrons. The smallest absolute Gasteiger partial charge is 0.255 e. The van der Waals surface area contributed by atoms with E-state index < -0.39 is 15.9 Å².